The molecule has 4 nitrogen and oxygen atoms in total. The van der Waals surface area contributed by atoms with Gasteiger partial charge in [-0.2, -0.15) is 0 Å². The Morgan fingerprint density at radius 2 is 1.27 bits per heavy atom. The van der Waals surface area contributed by atoms with E-state index in [1.54, 1.807) is 27.7 Å². The number of hydrogen-bond donors (Lipinski definition) is 0. The molecule has 0 aliphatic heterocycles. The van der Waals surface area contributed by atoms with Crippen LogP contribution in [0.3, 0.4) is 0 Å². The smallest absolute Gasteiger partial charge is 0.308 e. The van der Waals surface area contributed by atoms with Crippen molar-refractivity contribution >= 4 is 11.9 Å². The third kappa shape index (κ3) is 5.40. The van der Waals surface area contributed by atoms with Gasteiger partial charge in [-0.1, -0.05) is 13.8 Å². The summed E-state index contributed by atoms with van der Waals surface area (Å²) in [6, 6.07) is 0. The maximum atomic E-state index is 11.3. The largest absolute Gasteiger partial charge is 0.466 e. The first-order valence-electron chi connectivity index (χ1n) is 5.36. The lowest BCUT2D eigenvalue weighted by Crippen LogP contribution is -2.22. The second-order valence-electron chi connectivity index (χ2n) is 3.54. The molecule has 0 aromatic heterocycles. The highest BCUT2D eigenvalue weighted by Gasteiger charge is 2.22. The van der Waals surface area contributed by atoms with Gasteiger partial charge in [-0.05, 0) is 20.3 Å². The molecule has 0 N–H and O–H groups in total. The van der Waals surface area contributed by atoms with E-state index in [2.05, 4.69) is 0 Å². The molecule has 0 saturated carbocycles. The molecule has 0 bridgehead atoms. The van der Waals surface area contributed by atoms with Gasteiger partial charge in [0.2, 0.25) is 0 Å². The normalized spacial score (nSPS) is 14.1. The summed E-state index contributed by atoms with van der Waals surface area (Å²) >= 11 is 0. The topological polar surface area (TPSA) is 52.6 Å². The van der Waals surface area contributed by atoms with Crippen molar-refractivity contribution in [3.8, 4) is 0 Å². The monoisotopic (exact) mass is 216 g/mol. The van der Waals surface area contributed by atoms with E-state index in [1.165, 1.54) is 0 Å². The lowest BCUT2D eigenvalue weighted by molar-refractivity contribution is -0.151. The molecule has 0 aromatic rings. The number of carbonyl (C=O) groups is 2. The Balaban J connectivity index is 3.99. The fourth-order valence-corrected chi connectivity index (χ4v) is 1.29. The zero-order chi connectivity index (χ0) is 11.8. The quantitative estimate of drug-likeness (QED) is 0.635. The molecule has 0 radical (unpaired) electrons. The van der Waals surface area contributed by atoms with E-state index in [0.717, 1.165) is 0 Å². The van der Waals surface area contributed by atoms with Gasteiger partial charge in [0.1, 0.15) is 0 Å². The van der Waals surface area contributed by atoms with Gasteiger partial charge in [0.15, 0.2) is 0 Å². The highest BCUT2D eigenvalue weighted by Crippen LogP contribution is 2.14. The van der Waals surface area contributed by atoms with E-state index in [4.69, 9.17) is 9.47 Å². The Labute approximate surface area is 90.9 Å². The summed E-state index contributed by atoms with van der Waals surface area (Å²) < 4.78 is 9.71. The number of esters is 2. The van der Waals surface area contributed by atoms with Crippen LogP contribution in [-0.4, -0.2) is 25.2 Å². The molecule has 88 valence electrons. The van der Waals surface area contributed by atoms with Crippen molar-refractivity contribution in [2.24, 2.45) is 11.8 Å². The van der Waals surface area contributed by atoms with E-state index in [0.29, 0.717) is 19.6 Å². The van der Waals surface area contributed by atoms with Gasteiger partial charge in [-0.25, -0.2) is 0 Å². The summed E-state index contributed by atoms with van der Waals surface area (Å²) in [5.41, 5.74) is 0. The Hall–Kier alpha value is -1.06. The van der Waals surface area contributed by atoms with Crippen LogP contribution in [0.4, 0.5) is 0 Å². The van der Waals surface area contributed by atoms with E-state index in [1.807, 2.05) is 0 Å². The van der Waals surface area contributed by atoms with Crippen LogP contribution in [-0.2, 0) is 19.1 Å². The summed E-state index contributed by atoms with van der Waals surface area (Å²) in [5.74, 6) is -1.03. The molecule has 0 unspecified atom stereocenters. The minimum Gasteiger partial charge on any atom is -0.466 e. The van der Waals surface area contributed by atoms with Crippen LogP contribution in [0.5, 0.6) is 0 Å². The van der Waals surface area contributed by atoms with Crippen LogP contribution in [0.1, 0.15) is 34.1 Å². The predicted molar refractivity (Wildman–Crippen MR) is 56.2 cm³/mol. The van der Waals surface area contributed by atoms with Crippen LogP contribution in [0.15, 0.2) is 0 Å². The standard InChI is InChI=1S/C11H20O4/c1-5-14-10(12)8(3)7-9(4)11(13)15-6-2/h8-9H,5-7H2,1-4H3/t8-,9+. The summed E-state index contributed by atoms with van der Waals surface area (Å²) in [6.45, 7) is 7.79. The van der Waals surface area contributed by atoms with Gasteiger partial charge in [0.25, 0.3) is 0 Å². The molecule has 0 aromatic carbocycles. The van der Waals surface area contributed by atoms with E-state index >= 15 is 0 Å². The molecule has 0 rings (SSSR count). The van der Waals surface area contributed by atoms with E-state index < -0.39 is 0 Å². The Bertz CT molecular complexity index is 191. The van der Waals surface area contributed by atoms with Crippen LogP contribution in [0, 0.1) is 11.8 Å². The van der Waals surface area contributed by atoms with Gasteiger partial charge in [0, 0.05) is 0 Å². The molecule has 0 amide bonds. The molecule has 0 aliphatic rings. The second-order valence-corrected chi connectivity index (χ2v) is 3.54. The molecule has 2 atom stereocenters. The Morgan fingerprint density at radius 1 is 0.933 bits per heavy atom. The first kappa shape index (κ1) is 13.9. The first-order valence-corrected chi connectivity index (χ1v) is 5.36. The number of carbonyl (C=O) groups excluding carboxylic acids is 2. The zero-order valence-corrected chi connectivity index (χ0v) is 9.91. The number of ether oxygens (including phenoxy) is 2. The highest BCUT2D eigenvalue weighted by atomic mass is 16.5. The minimum atomic E-state index is -0.260. The van der Waals surface area contributed by atoms with E-state index in [9.17, 15) is 9.59 Å². The lowest BCUT2D eigenvalue weighted by Gasteiger charge is -2.14. The van der Waals surface area contributed by atoms with Gasteiger partial charge < -0.3 is 9.47 Å². The predicted octanol–water partition coefficient (Wildman–Crippen LogP) is 1.77. The average Bonchev–Trinajstić information content (AvgIpc) is 2.18. The molecule has 0 fully saturated rings. The second kappa shape index (κ2) is 7.26. The summed E-state index contributed by atoms with van der Waals surface area (Å²) in [5, 5.41) is 0. The summed E-state index contributed by atoms with van der Waals surface area (Å²) in [4.78, 5) is 22.6. The molecule has 0 spiro atoms. The van der Waals surface area contributed by atoms with Gasteiger partial charge in [0.05, 0.1) is 25.0 Å². The minimum absolute atomic E-state index is 0.256. The molecular formula is C11H20O4. The molecule has 0 heterocycles. The number of hydrogen-bond acceptors (Lipinski definition) is 4. The van der Waals surface area contributed by atoms with Gasteiger partial charge in [-0.3, -0.25) is 9.59 Å². The van der Waals surface area contributed by atoms with Crippen molar-refractivity contribution in [2.75, 3.05) is 13.2 Å². The maximum Gasteiger partial charge on any atom is 0.308 e. The van der Waals surface area contributed by atoms with Crippen molar-refractivity contribution in [1.82, 2.24) is 0 Å². The van der Waals surface area contributed by atoms with Crippen molar-refractivity contribution in [3.05, 3.63) is 0 Å². The van der Waals surface area contributed by atoms with Crippen molar-refractivity contribution in [2.45, 2.75) is 34.1 Å². The first-order chi connectivity index (χ1) is 7.02. The molecule has 15 heavy (non-hydrogen) atoms. The molecule has 4 heteroatoms. The number of rotatable bonds is 6. The van der Waals surface area contributed by atoms with Crippen LogP contribution in [0.25, 0.3) is 0 Å². The van der Waals surface area contributed by atoms with Gasteiger partial charge in [-0.15, -0.1) is 0 Å². The fourth-order valence-electron chi connectivity index (χ4n) is 1.29. The molecule has 0 saturated heterocycles. The Kier molecular flexibility index (Phi) is 6.75. The van der Waals surface area contributed by atoms with Crippen LogP contribution < -0.4 is 0 Å². The third-order valence-electron chi connectivity index (χ3n) is 2.09. The molecular weight excluding hydrogens is 196 g/mol. The third-order valence-corrected chi connectivity index (χ3v) is 2.09. The zero-order valence-electron chi connectivity index (χ0n) is 9.91. The fraction of sp³-hybridized carbons (Fsp3) is 0.818. The van der Waals surface area contributed by atoms with Crippen LogP contribution >= 0.6 is 0 Å². The van der Waals surface area contributed by atoms with Crippen molar-refractivity contribution in [1.29, 1.82) is 0 Å². The van der Waals surface area contributed by atoms with Crippen molar-refractivity contribution < 1.29 is 19.1 Å². The summed E-state index contributed by atoms with van der Waals surface area (Å²) in [7, 11) is 0. The average molecular weight is 216 g/mol. The molecule has 0 aliphatic carbocycles. The lowest BCUT2D eigenvalue weighted by atomic mass is 9.97. The SMILES string of the molecule is CCOC(=O)[C@H](C)C[C@H](C)C(=O)OCC. The maximum absolute atomic E-state index is 11.3. The Morgan fingerprint density at radius 3 is 1.53 bits per heavy atom. The van der Waals surface area contributed by atoms with E-state index in [-0.39, 0.29) is 23.8 Å². The summed E-state index contributed by atoms with van der Waals surface area (Å²) in [6.07, 6.45) is 0.470. The van der Waals surface area contributed by atoms with Crippen LogP contribution in [0.2, 0.25) is 0 Å². The van der Waals surface area contributed by atoms with Crippen molar-refractivity contribution in [3.63, 3.8) is 0 Å². The van der Waals surface area contributed by atoms with Gasteiger partial charge >= 0.3 is 11.9 Å². The highest BCUT2D eigenvalue weighted by molar-refractivity contribution is 5.75.